The number of hydrogen-bond donors (Lipinski definition) is 1. The van der Waals surface area contributed by atoms with Crippen molar-refractivity contribution in [3.05, 3.63) is 29.3 Å². The lowest BCUT2D eigenvalue weighted by atomic mass is 10.1. The van der Waals surface area contributed by atoms with Crippen LogP contribution < -0.4 is 5.32 Å². The van der Waals surface area contributed by atoms with Crippen molar-refractivity contribution in [2.24, 2.45) is 0 Å². The van der Waals surface area contributed by atoms with Crippen molar-refractivity contribution in [2.75, 3.05) is 0 Å². The Balaban J connectivity index is 1.94. The van der Waals surface area contributed by atoms with Gasteiger partial charge in [-0.15, -0.1) is 11.8 Å². The smallest absolute Gasteiger partial charge is 0.233 e. The van der Waals surface area contributed by atoms with E-state index in [2.05, 4.69) is 37.4 Å². The van der Waals surface area contributed by atoms with Gasteiger partial charge >= 0.3 is 0 Å². The second kappa shape index (κ2) is 5.13. The zero-order valence-corrected chi connectivity index (χ0v) is 11.4. The van der Waals surface area contributed by atoms with E-state index in [-0.39, 0.29) is 11.2 Å². The molecule has 0 spiro atoms. The first-order chi connectivity index (χ1) is 8.06. The Kier molecular flexibility index (Phi) is 3.77. The fourth-order valence-electron chi connectivity index (χ4n) is 1.59. The molecule has 0 radical (unpaired) electrons. The summed E-state index contributed by atoms with van der Waals surface area (Å²) in [6.45, 7) is 6.18. The van der Waals surface area contributed by atoms with E-state index in [1.807, 2.05) is 6.92 Å². The van der Waals surface area contributed by atoms with Gasteiger partial charge in [0.05, 0.1) is 5.25 Å². The Hall–Kier alpha value is -0.960. The minimum absolute atomic E-state index is 0.0160. The molecule has 0 bridgehead atoms. The molecule has 2 rings (SSSR count). The van der Waals surface area contributed by atoms with Gasteiger partial charge in [0.2, 0.25) is 5.91 Å². The molecular formula is C14H19NOS. The number of aryl methyl sites for hydroxylation is 2. The maximum absolute atomic E-state index is 11.8. The van der Waals surface area contributed by atoms with Gasteiger partial charge in [0, 0.05) is 10.9 Å². The van der Waals surface area contributed by atoms with Gasteiger partial charge in [-0.05, 0) is 56.9 Å². The van der Waals surface area contributed by atoms with Crippen LogP contribution in [0.5, 0.6) is 0 Å². The Bertz CT molecular complexity index is 426. The SMILES string of the molecule is Cc1ccc(SC(C)C(=O)NC2CC2)cc1C. The lowest BCUT2D eigenvalue weighted by molar-refractivity contribution is -0.120. The standard InChI is InChI=1S/C14H19NOS/c1-9-4-7-13(8-10(9)2)17-11(3)14(16)15-12-5-6-12/h4,7-8,11-12H,5-6H2,1-3H3,(H,15,16). The number of nitrogens with one attached hydrogen (secondary N) is 1. The highest BCUT2D eigenvalue weighted by Crippen LogP contribution is 2.26. The minimum Gasteiger partial charge on any atom is -0.352 e. The van der Waals surface area contributed by atoms with E-state index in [4.69, 9.17) is 0 Å². The fourth-order valence-corrected chi connectivity index (χ4v) is 2.57. The van der Waals surface area contributed by atoms with Crippen LogP contribution in [0.2, 0.25) is 0 Å². The quantitative estimate of drug-likeness (QED) is 0.831. The molecule has 1 N–H and O–H groups in total. The van der Waals surface area contributed by atoms with Crippen molar-refractivity contribution in [3.8, 4) is 0 Å². The van der Waals surface area contributed by atoms with Crippen LogP contribution in [0.25, 0.3) is 0 Å². The molecule has 1 aromatic rings. The van der Waals surface area contributed by atoms with Crippen LogP contribution in [-0.4, -0.2) is 17.2 Å². The zero-order valence-electron chi connectivity index (χ0n) is 10.6. The van der Waals surface area contributed by atoms with Gasteiger partial charge in [0.25, 0.3) is 0 Å². The predicted molar refractivity (Wildman–Crippen MR) is 72.4 cm³/mol. The van der Waals surface area contributed by atoms with Crippen LogP contribution in [0.4, 0.5) is 0 Å². The van der Waals surface area contributed by atoms with E-state index < -0.39 is 0 Å². The Morgan fingerprint density at radius 3 is 2.65 bits per heavy atom. The van der Waals surface area contributed by atoms with E-state index in [0.717, 1.165) is 12.8 Å². The maximum atomic E-state index is 11.8. The van der Waals surface area contributed by atoms with Gasteiger partial charge < -0.3 is 5.32 Å². The van der Waals surface area contributed by atoms with Crippen molar-refractivity contribution in [3.63, 3.8) is 0 Å². The summed E-state index contributed by atoms with van der Waals surface area (Å²) in [4.78, 5) is 13.0. The van der Waals surface area contributed by atoms with Crippen molar-refractivity contribution >= 4 is 17.7 Å². The number of carbonyl (C=O) groups excluding carboxylic acids is 1. The summed E-state index contributed by atoms with van der Waals surface area (Å²) in [5, 5.41) is 3.02. The first-order valence-corrected chi connectivity index (χ1v) is 6.98. The molecule has 1 fully saturated rings. The summed E-state index contributed by atoms with van der Waals surface area (Å²) in [6.07, 6.45) is 2.29. The molecule has 3 heteroatoms. The molecule has 17 heavy (non-hydrogen) atoms. The lowest BCUT2D eigenvalue weighted by Gasteiger charge is -2.12. The number of carbonyl (C=O) groups is 1. The third kappa shape index (κ3) is 3.50. The molecule has 92 valence electrons. The largest absolute Gasteiger partial charge is 0.352 e. The van der Waals surface area contributed by atoms with Crippen molar-refractivity contribution in [1.29, 1.82) is 0 Å². The van der Waals surface area contributed by atoms with Crippen molar-refractivity contribution in [2.45, 2.75) is 49.8 Å². The molecule has 2 nitrogen and oxygen atoms in total. The Labute approximate surface area is 107 Å². The highest BCUT2D eigenvalue weighted by atomic mass is 32.2. The molecule has 1 saturated carbocycles. The molecule has 0 saturated heterocycles. The van der Waals surface area contributed by atoms with Gasteiger partial charge in [-0.2, -0.15) is 0 Å². The van der Waals surface area contributed by atoms with E-state index in [1.54, 1.807) is 11.8 Å². The third-order valence-electron chi connectivity index (χ3n) is 3.08. The van der Waals surface area contributed by atoms with Gasteiger partial charge in [-0.3, -0.25) is 4.79 Å². The van der Waals surface area contributed by atoms with E-state index in [0.29, 0.717) is 6.04 Å². The maximum Gasteiger partial charge on any atom is 0.233 e. The number of thioether (sulfide) groups is 1. The topological polar surface area (TPSA) is 29.1 Å². The summed E-state index contributed by atoms with van der Waals surface area (Å²) in [7, 11) is 0. The molecule has 1 atom stereocenters. The molecule has 1 aliphatic rings. The van der Waals surface area contributed by atoms with Crippen LogP contribution in [0.1, 0.15) is 30.9 Å². The average Bonchev–Trinajstić information content (AvgIpc) is 3.07. The first kappa shape index (κ1) is 12.5. The Morgan fingerprint density at radius 2 is 2.06 bits per heavy atom. The van der Waals surface area contributed by atoms with E-state index >= 15 is 0 Å². The number of amides is 1. The minimum atomic E-state index is -0.0160. The average molecular weight is 249 g/mol. The first-order valence-electron chi connectivity index (χ1n) is 6.10. The van der Waals surface area contributed by atoms with E-state index in [1.165, 1.54) is 16.0 Å². The lowest BCUT2D eigenvalue weighted by Crippen LogP contribution is -2.32. The van der Waals surface area contributed by atoms with Crippen LogP contribution in [0.3, 0.4) is 0 Å². The molecule has 1 unspecified atom stereocenters. The summed E-state index contributed by atoms with van der Waals surface area (Å²) < 4.78 is 0. The molecule has 1 aromatic carbocycles. The zero-order chi connectivity index (χ0) is 12.4. The van der Waals surface area contributed by atoms with Gasteiger partial charge in [0.15, 0.2) is 0 Å². The molecule has 1 aliphatic carbocycles. The fraction of sp³-hybridized carbons (Fsp3) is 0.500. The van der Waals surface area contributed by atoms with Crippen LogP contribution in [-0.2, 0) is 4.79 Å². The molecular weight excluding hydrogens is 230 g/mol. The monoisotopic (exact) mass is 249 g/mol. The van der Waals surface area contributed by atoms with Gasteiger partial charge in [-0.1, -0.05) is 6.07 Å². The highest BCUT2D eigenvalue weighted by Gasteiger charge is 2.25. The number of hydrogen-bond acceptors (Lipinski definition) is 2. The van der Waals surface area contributed by atoms with Crippen molar-refractivity contribution in [1.82, 2.24) is 5.32 Å². The summed E-state index contributed by atoms with van der Waals surface area (Å²) in [6, 6.07) is 6.81. The van der Waals surface area contributed by atoms with Gasteiger partial charge in [-0.25, -0.2) is 0 Å². The second-order valence-corrected chi connectivity index (χ2v) is 6.20. The van der Waals surface area contributed by atoms with Crippen molar-refractivity contribution < 1.29 is 4.79 Å². The summed E-state index contributed by atoms with van der Waals surface area (Å²) in [5.74, 6) is 0.163. The molecule has 1 amide bonds. The molecule has 0 aromatic heterocycles. The molecule has 0 aliphatic heterocycles. The third-order valence-corrected chi connectivity index (χ3v) is 4.18. The van der Waals surface area contributed by atoms with Gasteiger partial charge in [0.1, 0.15) is 0 Å². The predicted octanol–water partition coefficient (Wildman–Crippen LogP) is 3.06. The van der Waals surface area contributed by atoms with Crippen LogP contribution in [0.15, 0.2) is 23.1 Å². The van der Waals surface area contributed by atoms with Crippen LogP contribution >= 0.6 is 11.8 Å². The number of benzene rings is 1. The van der Waals surface area contributed by atoms with E-state index in [9.17, 15) is 4.79 Å². The highest BCUT2D eigenvalue weighted by molar-refractivity contribution is 8.00. The summed E-state index contributed by atoms with van der Waals surface area (Å²) >= 11 is 1.63. The number of rotatable bonds is 4. The Morgan fingerprint density at radius 1 is 1.35 bits per heavy atom. The normalized spacial score (nSPS) is 16.6. The second-order valence-electron chi connectivity index (χ2n) is 4.79. The molecule has 0 heterocycles. The van der Waals surface area contributed by atoms with Crippen LogP contribution in [0, 0.1) is 13.8 Å². The summed E-state index contributed by atoms with van der Waals surface area (Å²) in [5.41, 5.74) is 2.58.